The first kappa shape index (κ1) is 16.0. The molecule has 6 nitrogen and oxygen atoms in total. The van der Waals surface area contributed by atoms with Gasteiger partial charge in [-0.3, -0.25) is 14.5 Å². The number of hydrogen-bond acceptors (Lipinski definition) is 4. The fourth-order valence-corrected chi connectivity index (χ4v) is 3.07. The lowest BCUT2D eigenvalue weighted by Gasteiger charge is -2.29. The number of likely N-dealkylation sites (N-methyl/N-ethyl adjacent to an activating group) is 2. The minimum absolute atomic E-state index is 0.0317. The minimum atomic E-state index is -0.859. The maximum atomic E-state index is 12.5. The monoisotopic (exact) mass is 296 g/mol. The first-order valence-electron chi connectivity index (χ1n) is 7.54. The Morgan fingerprint density at radius 1 is 1.43 bits per heavy atom. The smallest absolute Gasteiger partial charge is 0.310 e. The van der Waals surface area contributed by atoms with E-state index >= 15 is 0 Å². The average molecular weight is 296 g/mol. The highest BCUT2D eigenvalue weighted by Gasteiger charge is 2.37. The molecule has 6 heteroatoms. The summed E-state index contributed by atoms with van der Waals surface area (Å²) in [6.07, 6.45) is 5.22. The third-order valence-electron chi connectivity index (χ3n) is 4.30. The van der Waals surface area contributed by atoms with Crippen LogP contribution in [0.2, 0.25) is 0 Å². The van der Waals surface area contributed by atoms with E-state index in [0.29, 0.717) is 13.2 Å². The number of carboxylic acids is 1. The minimum Gasteiger partial charge on any atom is -0.481 e. The summed E-state index contributed by atoms with van der Waals surface area (Å²) in [5, 5.41) is 9.18. The Labute approximate surface area is 125 Å². The van der Waals surface area contributed by atoms with Crippen LogP contribution in [0, 0.1) is 5.92 Å². The molecular formula is C15H24N2O4. The van der Waals surface area contributed by atoms with Crippen LogP contribution in [-0.4, -0.2) is 66.2 Å². The van der Waals surface area contributed by atoms with E-state index in [4.69, 9.17) is 4.74 Å². The van der Waals surface area contributed by atoms with Crippen LogP contribution in [-0.2, 0) is 14.3 Å². The zero-order valence-corrected chi connectivity index (χ0v) is 12.7. The zero-order chi connectivity index (χ0) is 15.4. The van der Waals surface area contributed by atoms with Gasteiger partial charge in [0.05, 0.1) is 25.7 Å². The summed E-state index contributed by atoms with van der Waals surface area (Å²) in [5.41, 5.74) is 1.10. The highest BCUT2D eigenvalue weighted by atomic mass is 16.5. The standard InChI is InChI=1S/C15H24N2O4/c1-3-17(11-6-4-5-7-11)14(18)8-16(2)13-10-21-9-12(13)15(19)20/h6,12-13H,3-5,7-10H2,1-2H3,(H,19,20). The SMILES string of the molecule is CCN(C(=O)CN(C)C1COCC1C(=O)O)C1=CCCC1. The van der Waals surface area contributed by atoms with Crippen LogP contribution < -0.4 is 0 Å². The van der Waals surface area contributed by atoms with Gasteiger partial charge in [-0.05, 0) is 33.2 Å². The maximum absolute atomic E-state index is 12.5. The Balaban J connectivity index is 1.96. The summed E-state index contributed by atoms with van der Waals surface area (Å²) < 4.78 is 5.26. The molecule has 21 heavy (non-hydrogen) atoms. The van der Waals surface area contributed by atoms with Gasteiger partial charge in [0.25, 0.3) is 0 Å². The largest absolute Gasteiger partial charge is 0.481 e. The van der Waals surface area contributed by atoms with E-state index in [0.717, 1.165) is 25.0 Å². The van der Waals surface area contributed by atoms with Crippen molar-refractivity contribution in [3.8, 4) is 0 Å². The van der Waals surface area contributed by atoms with Crippen LogP contribution in [0.1, 0.15) is 26.2 Å². The lowest BCUT2D eigenvalue weighted by Crippen LogP contribution is -2.46. The van der Waals surface area contributed by atoms with Gasteiger partial charge in [0.2, 0.25) is 5.91 Å². The molecule has 2 rings (SSSR count). The molecule has 1 heterocycles. The molecule has 0 aromatic heterocycles. The molecule has 0 aromatic rings. The van der Waals surface area contributed by atoms with Gasteiger partial charge in [-0.15, -0.1) is 0 Å². The number of amides is 1. The van der Waals surface area contributed by atoms with Crippen molar-refractivity contribution < 1.29 is 19.4 Å². The summed E-state index contributed by atoms with van der Waals surface area (Å²) in [7, 11) is 1.80. The lowest BCUT2D eigenvalue weighted by atomic mass is 10.0. The molecule has 118 valence electrons. The summed E-state index contributed by atoms with van der Waals surface area (Å²) in [4.78, 5) is 27.3. The second-order valence-electron chi connectivity index (χ2n) is 5.69. The third-order valence-corrected chi connectivity index (χ3v) is 4.30. The van der Waals surface area contributed by atoms with E-state index in [1.807, 2.05) is 16.7 Å². The van der Waals surface area contributed by atoms with Crippen LogP contribution in [0.5, 0.6) is 0 Å². The molecule has 0 aromatic carbocycles. The number of nitrogens with zero attached hydrogens (tertiary/aromatic N) is 2. The second-order valence-corrected chi connectivity index (χ2v) is 5.69. The summed E-state index contributed by atoms with van der Waals surface area (Å²) >= 11 is 0. The van der Waals surface area contributed by atoms with Crippen LogP contribution in [0.3, 0.4) is 0 Å². The van der Waals surface area contributed by atoms with Crippen molar-refractivity contribution in [1.29, 1.82) is 0 Å². The molecule has 1 saturated heterocycles. The molecule has 0 saturated carbocycles. The molecule has 2 atom stereocenters. The van der Waals surface area contributed by atoms with Crippen LogP contribution in [0.4, 0.5) is 0 Å². The Bertz CT molecular complexity index is 435. The van der Waals surface area contributed by atoms with E-state index in [2.05, 4.69) is 6.08 Å². The molecule has 1 aliphatic carbocycles. The Hall–Kier alpha value is -1.40. The Kier molecular flexibility index (Phi) is 5.36. The van der Waals surface area contributed by atoms with E-state index in [1.54, 1.807) is 7.05 Å². The molecule has 0 radical (unpaired) electrons. The summed E-state index contributed by atoms with van der Waals surface area (Å²) in [5.74, 6) is -1.38. The van der Waals surface area contributed by atoms with E-state index in [1.165, 1.54) is 0 Å². The van der Waals surface area contributed by atoms with E-state index in [9.17, 15) is 14.7 Å². The van der Waals surface area contributed by atoms with Crippen LogP contribution in [0.25, 0.3) is 0 Å². The number of carboxylic acid groups (broad SMARTS) is 1. The highest BCUT2D eigenvalue weighted by molar-refractivity contribution is 5.80. The zero-order valence-electron chi connectivity index (χ0n) is 12.7. The first-order valence-corrected chi connectivity index (χ1v) is 7.54. The van der Waals surface area contributed by atoms with Gasteiger partial charge < -0.3 is 14.7 Å². The quantitative estimate of drug-likeness (QED) is 0.790. The van der Waals surface area contributed by atoms with Gasteiger partial charge >= 0.3 is 5.97 Å². The van der Waals surface area contributed by atoms with Gasteiger partial charge in [0.1, 0.15) is 0 Å². The number of rotatable bonds is 6. The molecule has 2 aliphatic rings. The normalized spacial score (nSPS) is 25.2. The van der Waals surface area contributed by atoms with E-state index < -0.39 is 11.9 Å². The number of allylic oxidation sites excluding steroid dienone is 2. The van der Waals surface area contributed by atoms with Gasteiger partial charge in [-0.25, -0.2) is 0 Å². The van der Waals surface area contributed by atoms with Gasteiger partial charge in [0, 0.05) is 18.3 Å². The van der Waals surface area contributed by atoms with E-state index in [-0.39, 0.29) is 25.1 Å². The molecule has 0 spiro atoms. The van der Waals surface area contributed by atoms with Crippen molar-refractivity contribution in [2.75, 3.05) is 33.4 Å². The topological polar surface area (TPSA) is 70.1 Å². The van der Waals surface area contributed by atoms with Crippen molar-refractivity contribution in [3.05, 3.63) is 11.8 Å². The second kappa shape index (κ2) is 7.04. The molecule has 1 aliphatic heterocycles. The number of hydrogen-bond donors (Lipinski definition) is 1. The third kappa shape index (κ3) is 3.63. The Morgan fingerprint density at radius 3 is 2.76 bits per heavy atom. The van der Waals surface area contributed by atoms with Gasteiger partial charge in [-0.2, -0.15) is 0 Å². The average Bonchev–Trinajstić information content (AvgIpc) is 3.10. The molecule has 2 unspecified atom stereocenters. The van der Waals surface area contributed by atoms with Crippen LogP contribution >= 0.6 is 0 Å². The Morgan fingerprint density at radius 2 is 2.19 bits per heavy atom. The molecular weight excluding hydrogens is 272 g/mol. The van der Waals surface area contributed by atoms with Crippen molar-refractivity contribution in [3.63, 3.8) is 0 Å². The molecule has 0 bridgehead atoms. The predicted molar refractivity (Wildman–Crippen MR) is 77.7 cm³/mol. The fraction of sp³-hybridized carbons (Fsp3) is 0.733. The molecule has 1 amide bonds. The number of carbonyl (C=O) groups excluding carboxylic acids is 1. The number of ether oxygens (including phenoxy) is 1. The van der Waals surface area contributed by atoms with Crippen molar-refractivity contribution in [2.45, 2.75) is 32.2 Å². The molecule has 1 N–H and O–H groups in total. The van der Waals surface area contributed by atoms with Crippen molar-refractivity contribution in [2.24, 2.45) is 5.92 Å². The summed E-state index contributed by atoms with van der Waals surface area (Å²) in [6, 6.07) is -0.234. The fourth-order valence-electron chi connectivity index (χ4n) is 3.07. The number of aliphatic carboxylic acids is 1. The first-order chi connectivity index (χ1) is 10.0. The van der Waals surface area contributed by atoms with Crippen molar-refractivity contribution >= 4 is 11.9 Å². The summed E-state index contributed by atoms with van der Waals surface area (Å²) in [6.45, 7) is 3.44. The van der Waals surface area contributed by atoms with Crippen molar-refractivity contribution in [1.82, 2.24) is 9.80 Å². The van der Waals surface area contributed by atoms with Crippen LogP contribution in [0.15, 0.2) is 11.8 Å². The predicted octanol–water partition coefficient (Wildman–Crippen LogP) is 0.934. The van der Waals surface area contributed by atoms with Gasteiger partial charge in [0.15, 0.2) is 0 Å². The highest BCUT2D eigenvalue weighted by Crippen LogP contribution is 2.23. The lowest BCUT2D eigenvalue weighted by molar-refractivity contribution is -0.144. The van der Waals surface area contributed by atoms with Gasteiger partial charge in [-0.1, -0.05) is 6.08 Å². The number of carbonyl (C=O) groups is 2. The molecule has 1 fully saturated rings. The maximum Gasteiger partial charge on any atom is 0.310 e.